The predicted molar refractivity (Wildman–Crippen MR) is 114 cm³/mol. The Balaban J connectivity index is 1.69. The van der Waals surface area contributed by atoms with Gasteiger partial charge in [-0.3, -0.25) is 4.79 Å². The third-order valence-corrected chi connectivity index (χ3v) is 5.45. The number of nitrogens with zero attached hydrogens (tertiary/aromatic N) is 4. The Morgan fingerprint density at radius 3 is 2.57 bits per heavy atom. The second kappa shape index (κ2) is 7.78. The Bertz CT molecular complexity index is 1060. The maximum absolute atomic E-state index is 11.8. The van der Waals surface area contributed by atoms with Gasteiger partial charge < -0.3 is 9.80 Å². The van der Waals surface area contributed by atoms with Crippen LogP contribution >= 0.6 is 23.2 Å². The van der Waals surface area contributed by atoms with Crippen molar-refractivity contribution in [3.05, 3.63) is 65.4 Å². The van der Waals surface area contributed by atoms with Crippen LogP contribution in [0.2, 0.25) is 10.0 Å². The van der Waals surface area contributed by atoms with Crippen LogP contribution in [0.5, 0.6) is 0 Å². The van der Waals surface area contributed by atoms with E-state index in [2.05, 4.69) is 21.4 Å². The molecule has 3 aromatic rings. The number of fused-ring (bicyclic) bond motifs is 1. The molecule has 1 aliphatic rings. The summed E-state index contributed by atoms with van der Waals surface area (Å²) in [5.74, 6) is 0.789. The first-order chi connectivity index (χ1) is 13.6. The molecule has 0 unspecified atom stereocenters. The molecule has 1 fully saturated rings. The average Bonchev–Trinajstić information content (AvgIpc) is 2.72. The topological polar surface area (TPSA) is 49.3 Å². The zero-order valence-corrected chi connectivity index (χ0v) is 16.6. The highest BCUT2D eigenvalue weighted by Crippen LogP contribution is 2.35. The van der Waals surface area contributed by atoms with Crippen molar-refractivity contribution in [2.45, 2.75) is 0 Å². The molecule has 2 aromatic carbocycles. The maximum Gasteiger partial charge on any atom is 0.246 e. The van der Waals surface area contributed by atoms with Gasteiger partial charge in [0.2, 0.25) is 5.91 Å². The van der Waals surface area contributed by atoms with E-state index in [0.29, 0.717) is 36.2 Å². The average molecular weight is 413 g/mol. The van der Waals surface area contributed by atoms with E-state index >= 15 is 0 Å². The van der Waals surface area contributed by atoms with Gasteiger partial charge in [0, 0.05) is 47.2 Å². The molecule has 0 spiro atoms. The normalized spacial score (nSPS) is 14.4. The van der Waals surface area contributed by atoms with Crippen molar-refractivity contribution in [1.82, 2.24) is 14.9 Å². The molecule has 4 rings (SSSR count). The molecule has 0 radical (unpaired) electrons. The summed E-state index contributed by atoms with van der Waals surface area (Å²) in [7, 11) is 0. The molecular weight excluding hydrogens is 395 g/mol. The van der Waals surface area contributed by atoms with Crippen molar-refractivity contribution in [2.75, 3.05) is 31.1 Å². The monoisotopic (exact) mass is 412 g/mol. The lowest BCUT2D eigenvalue weighted by atomic mass is 10.0. The van der Waals surface area contributed by atoms with Crippen LogP contribution in [-0.2, 0) is 4.79 Å². The molecule has 1 aliphatic heterocycles. The third-order valence-electron chi connectivity index (χ3n) is 4.90. The van der Waals surface area contributed by atoms with Gasteiger partial charge in [-0.15, -0.1) is 0 Å². The number of rotatable bonds is 3. The first kappa shape index (κ1) is 18.7. The van der Waals surface area contributed by atoms with Gasteiger partial charge in [0.15, 0.2) is 0 Å². The summed E-state index contributed by atoms with van der Waals surface area (Å²) in [6, 6.07) is 11.4. The molecule has 0 atom stereocenters. The van der Waals surface area contributed by atoms with Crippen LogP contribution in [-0.4, -0.2) is 47.0 Å². The number of anilines is 1. The van der Waals surface area contributed by atoms with Crippen molar-refractivity contribution in [1.29, 1.82) is 0 Å². The Labute approximate surface area is 173 Å². The van der Waals surface area contributed by atoms with Crippen LogP contribution < -0.4 is 4.90 Å². The van der Waals surface area contributed by atoms with E-state index in [1.807, 2.05) is 36.4 Å². The molecule has 0 bridgehead atoms. The first-order valence-electron chi connectivity index (χ1n) is 8.93. The van der Waals surface area contributed by atoms with Gasteiger partial charge in [0.05, 0.1) is 5.52 Å². The van der Waals surface area contributed by atoms with Crippen LogP contribution in [0.3, 0.4) is 0 Å². The fourth-order valence-electron chi connectivity index (χ4n) is 3.46. The van der Waals surface area contributed by atoms with Gasteiger partial charge in [-0.05, 0) is 35.9 Å². The summed E-state index contributed by atoms with van der Waals surface area (Å²) < 4.78 is 0. The molecule has 0 saturated carbocycles. The van der Waals surface area contributed by atoms with Gasteiger partial charge in [0.25, 0.3) is 0 Å². The molecule has 7 heteroatoms. The Hall–Kier alpha value is -2.63. The summed E-state index contributed by atoms with van der Waals surface area (Å²) in [4.78, 5) is 24.7. The van der Waals surface area contributed by atoms with Crippen molar-refractivity contribution in [3.63, 3.8) is 0 Å². The number of carbonyl (C=O) groups excluding carboxylic acids is 1. The zero-order chi connectivity index (χ0) is 19.7. The maximum atomic E-state index is 11.8. The van der Waals surface area contributed by atoms with E-state index in [1.54, 1.807) is 11.2 Å². The minimum Gasteiger partial charge on any atom is -0.352 e. The molecule has 0 aliphatic carbocycles. The van der Waals surface area contributed by atoms with Gasteiger partial charge in [-0.1, -0.05) is 41.9 Å². The highest BCUT2D eigenvalue weighted by atomic mass is 35.5. The molecule has 28 heavy (non-hydrogen) atoms. The second-order valence-corrected chi connectivity index (χ2v) is 7.42. The lowest BCUT2D eigenvalue weighted by Gasteiger charge is -2.35. The van der Waals surface area contributed by atoms with Crippen molar-refractivity contribution >= 4 is 45.8 Å². The largest absolute Gasteiger partial charge is 0.352 e. The van der Waals surface area contributed by atoms with Gasteiger partial charge in [0.1, 0.15) is 12.1 Å². The summed E-state index contributed by atoms with van der Waals surface area (Å²) in [6.07, 6.45) is 2.92. The molecule has 0 N–H and O–H groups in total. The third kappa shape index (κ3) is 3.55. The van der Waals surface area contributed by atoms with Crippen LogP contribution in [0, 0.1) is 0 Å². The molecular formula is C21H18Cl2N4O. The standard InChI is InChI=1S/C21H18Cl2N4O/c1-2-20(28)26-6-8-27(9-7-26)21-17-11-18(23)16(12-19(17)24-13-25-21)14-4-3-5-15(22)10-14/h2-5,10-13H,1,6-9H2. The fourth-order valence-corrected chi connectivity index (χ4v) is 3.92. The highest BCUT2D eigenvalue weighted by Gasteiger charge is 2.22. The summed E-state index contributed by atoms with van der Waals surface area (Å²) in [6.45, 7) is 6.20. The number of hydrogen-bond acceptors (Lipinski definition) is 4. The van der Waals surface area contributed by atoms with Crippen molar-refractivity contribution < 1.29 is 4.79 Å². The predicted octanol–water partition coefficient (Wildman–Crippen LogP) is 4.44. The van der Waals surface area contributed by atoms with E-state index in [-0.39, 0.29) is 5.91 Å². The zero-order valence-electron chi connectivity index (χ0n) is 15.1. The number of hydrogen-bond donors (Lipinski definition) is 0. The van der Waals surface area contributed by atoms with E-state index in [0.717, 1.165) is 27.8 Å². The van der Waals surface area contributed by atoms with E-state index in [9.17, 15) is 4.79 Å². The van der Waals surface area contributed by atoms with Crippen LogP contribution in [0.4, 0.5) is 5.82 Å². The van der Waals surface area contributed by atoms with Gasteiger partial charge in [-0.2, -0.15) is 0 Å². The summed E-state index contributed by atoms with van der Waals surface area (Å²) in [5, 5.41) is 2.16. The van der Waals surface area contributed by atoms with Crippen LogP contribution in [0.15, 0.2) is 55.4 Å². The Morgan fingerprint density at radius 1 is 1.07 bits per heavy atom. The minimum atomic E-state index is -0.0404. The van der Waals surface area contributed by atoms with Gasteiger partial charge in [-0.25, -0.2) is 9.97 Å². The smallest absolute Gasteiger partial charge is 0.246 e. The highest BCUT2D eigenvalue weighted by molar-refractivity contribution is 6.34. The number of amides is 1. The quantitative estimate of drug-likeness (QED) is 0.596. The SMILES string of the molecule is C=CC(=O)N1CCN(c2ncnc3cc(-c4cccc(Cl)c4)c(Cl)cc23)CC1. The van der Waals surface area contributed by atoms with Crippen molar-refractivity contribution in [3.8, 4) is 11.1 Å². The van der Waals surface area contributed by atoms with E-state index < -0.39 is 0 Å². The molecule has 1 amide bonds. The fraction of sp³-hybridized carbons (Fsp3) is 0.190. The van der Waals surface area contributed by atoms with Crippen LogP contribution in [0.1, 0.15) is 0 Å². The lowest BCUT2D eigenvalue weighted by Crippen LogP contribution is -2.48. The molecule has 1 saturated heterocycles. The number of carbonyl (C=O) groups is 1. The summed E-state index contributed by atoms with van der Waals surface area (Å²) >= 11 is 12.7. The number of benzene rings is 2. The minimum absolute atomic E-state index is 0.0404. The number of halogens is 2. The lowest BCUT2D eigenvalue weighted by molar-refractivity contribution is -0.126. The van der Waals surface area contributed by atoms with Crippen LogP contribution in [0.25, 0.3) is 22.0 Å². The van der Waals surface area contributed by atoms with E-state index in [1.165, 1.54) is 6.08 Å². The van der Waals surface area contributed by atoms with Crippen molar-refractivity contribution in [2.24, 2.45) is 0 Å². The van der Waals surface area contributed by atoms with Gasteiger partial charge >= 0.3 is 0 Å². The summed E-state index contributed by atoms with van der Waals surface area (Å²) in [5.41, 5.74) is 2.63. The first-order valence-corrected chi connectivity index (χ1v) is 9.69. The Kier molecular flexibility index (Phi) is 5.20. The molecule has 142 valence electrons. The second-order valence-electron chi connectivity index (χ2n) is 6.57. The number of aromatic nitrogens is 2. The number of piperazine rings is 1. The molecule has 1 aromatic heterocycles. The molecule has 5 nitrogen and oxygen atoms in total. The Morgan fingerprint density at radius 2 is 1.86 bits per heavy atom. The molecule has 2 heterocycles. The van der Waals surface area contributed by atoms with E-state index in [4.69, 9.17) is 23.2 Å².